The van der Waals surface area contributed by atoms with Crippen molar-refractivity contribution in [2.75, 3.05) is 5.32 Å². The summed E-state index contributed by atoms with van der Waals surface area (Å²) in [6, 6.07) is 15.7. The van der Waals surface area contributed by atoms with Gasteiger partial charge < -0.3 is 5.32 Å². The minimum atomic E-state index is -0.0941. The Morgan fingerprint density at radius 2 is 1.97 bits per heavy atom. The molecular formula is C23H20N6OS2. The van der Waals surface area contributed by atoms with Crippen molar-refractivity contribution < 1.29 is 0 Å². The van der Waals surface area contributed by atoms with E-state index in [4.69, 9.17) is 4.98 Å². The predicted octanol–water partition coefficient (Wildman–Crippen LogP) is 5.03. The topological polar surface area (TPSA) is 77.1 Å². The van der Waals surface area contributed by atoms with Crippen LogP contribution in [0.1, 0.15) is 11.3 Å². The molecule has 9 heteroatoms. The number of allylic oxidation sites excluding steroid dienone is 1. The Balaban J connectivity index is 1.44. The van der Waals surface area contributed by atoms with Crippen molar-refractivity contribution in [3.63, 3.8) is 0 Å². The summed E-state index contributed by atoms with van der Waals surface area (Å²) in [6.07, 6.45) is 1.69. The van der Waals surface area contributed by atoms with Crippen molar-refractivity contribution in [2.24, 2.45) is 0 Å². The summed E-state index contributed by atoms with van der Waals surface area (Å²) < 4.78 is 3.53. The monoisotopic (exact) mass is 460 g/mol. The SMILES string of the molecule is C=CCn1c(=O)c2ccccc2n2c(SCc3csc(Nc4ccccc4C)n3)nnc12. The van der Waals surface area contributed by atoms with Crippen LogP contribution in [0.15, 0.2) is 76.5 Å². The van der Waals surface area contributed by atoms with Gasteiger partial charge in [-0.25, -0.2) is 4.98 Å². The minimum absolute atomic E-state index is 0.0941. The zero-order valence-electron chi connectivity index (χ0n) is 17.4. The number of para-hydroxylation sites is 2. The van der Waals surface area contributed by atoms with Crippen LogP contribution in [0.4, 0.5) is 10.8 Å². The Bertz CT molecular complexity index is 1500. The van der Waals surface area contributed by atoms with Crippen LogP contribution in [-0.2, 0) is 12.3 Å². The smallest absolute Gasteiger partial charge is 0.263 e. The normalized spacial score (nSPS) is 11.3. The van der Waals surface area contributed by atoms with Crippen LogP contribution in [0, 0.1) is 6.92 Å². The van der Waals surface area contributed by atoms with E-state index in [-0.39, 0.29) is 5.56 Å². The summed E-state index contributed by atoms with van der Waals surface area (Å²) in [4.78, 5) is 17.6. The molecule has 3 heterocycles. The first-order valence-electron chi connectivity index (χ1n) is 10.0. The van der Waals surface area contributed by atoms with E-state index in [0.717, 1.165) is 27.2 Å². The maximum Gasteiger partial charge on any atom is 0.263 e. The molecule has 0 amide bonds. The van der Waals surface area contributed by atoms with E-state index in [9.17, 15) is 4.79 Å². The van der Waals surface area contributed by atoms with Gasteiger partial charge in [0.25, 0.3) is 5.56 Å². The van der Waals surface area contributed by atoms with E-state index in [2.05, 4.69) is 35.1 Å². The highest BCUT2D eigenvalue weighted by atomic mass is 32.2. The quantitative estimate of drug-likeness (QED) is 0.271. The standard InChI is InChI=1S/C23H20N6OS2/c1-3-12-28-20(30)17-9-5-7-11-19(17)29-22(28)26-27-23(29)32-14-16-13-31-21(24-16)25-18-10-6-4-8-15(18)2/h3-11,13H,1,12,14H2,2H3,(H,24,25). The van der Waals surface area contributed by atoms with Gasteiger partial charge in [-0.15, -0.1) is 28.1 Å². The van der Waals surface area contributed by atoms with E-state index in [1.165, 1.54) is 5.56 Å². The van der Waals surface area contributed by atoms with Gasteiger partial charge in [0.15, 0.2) is 10.3 Å². The molecule has 7 nitrogen and oxygen atoms in total. The molecule has 0 radical (unpaired) electrons. The number of benzene rings is 2. The maximum atomic E-state index is 12.9. The number of hydrogen-bond donors (Lipinski definition) is 1. The maximum absolute atomic E-state index is 12.9. The Morgan fingerprint density at radius 3 is 2.81 bits per heavy atom. The van der Waals surface area contributed by atoms with E-state index < -0.39 is 0 Å². The molecule has 0 atom stereocenters. The fraction of sp³-hybridized carbons (Fsp3) is 0.130. The predicted molar refractivity (Wildman–Crippen MR) is 131 cm³/mol. The fourth-order valence-electron chi connectivity index (χ4n) is 3.52. The number of nitrogens with one attached hydrogen (secondary N) is 1. The zero-order chi connectivity index (χ0) is 22.1. The van der Waals surface area contributed by atoms with E-state index in [0.29, 0.717) is 23.5 Å². The lowest BCUT2D eigenvalue weighted by molar-refractivity contribution is 0.783. The molecule has 0 bridgehead atoms. The largest absolute Gasteiger partial charge is 0.331 e. The summed E-state index contributed by atoms with van der Waals surface area (Å²) >= 11 is 3.12. The lowest BCUT2D eigenvalue weighted by Crippen LogP contribution is -2.22. The Hall–Kier alpha value is -3.43. The molecular weight excluding hydrogens is 440 g/mol. The van der Waals surface area contributed by atoms with Crippen molar-refractivity contribution in [1.29, 1.82) is 0 Å². The van der Waals surface area contributed by atoms with E-state index in [1.54, 1.807) is 33.7 Å². The molecule has 0 saturated heterocycles. The number of aromatic nitrogens is 5. The van der Waals surface area contributed by atoms with Gasteiger partial charge in [0, 0.05) is 23.4 Å². The molecule has 0 unspecified atom stereocenters. The van der Waals surface area contributed by atoms with Crippen molar-refractivity contribution in [3.05, 3.63) is 88.2 Å². The third-order valence-corrected chi connectivity index (χ3v) is 6.85. The third-order valence-electron chi connectivity index (χ3n) is 5.08. The van der Waals surface area contributed by atoms with Gasteiger partial charge in [0.1, 0.15) is 0 Å². The van der Waals surface area contributed by atoms with Gasteiger partial charge in [-0.05, 0) is 30.7 Å². The van der Waals surface area contributed by atoms with Crippen LogP contribution in [-0.4, -0.2) is 24.1 Å². The van der Waals surface area contributed by atoms with Gasteiger partial charge in [-0.1, -0.05) is 48.2 Å². The molecule has 1 N–H and O–H groups in total. The number of fused-ring (bicyclic) bond motifs is 3. The van der Waals surface area contributed by atoms with Crippen LogP contribution in [0.3, 0.4) is 0 Å². The second-order valence-electron chi connectivity index (χ2n) is 7.21. The molecule has 160 valence electrons. The number of anilines is 2. The van der Waals surface area contributed by atoms with Crippen molar-refractivity contribution in [1.82, 2.24) is 24.1 Å². The van der Waals surface area contributed by atoms with Crippen LogP contribution < -0.4 is 10.9 Å². The first-order valence-corrected chi connectivity index (χ1v) is 11.9. The zero-order valence-corrected chi connectivity index (χ0v) is 19.0. The van der Waals surface area contributed by atoms with Gasteiger partial charge in [0.2, 0.25) is 5.78 Å². The molecule has 0 spiro atoms. The fourth-order valence-corrected chi connectivity index (χ4v) is 5.18. The number of hydrogen-bond acceptors (Lipinski definition) is 7. The van der Waals surface area contributed by atoms with Crippen molar-refractivity contribution in [2.45, 2.75) is 24.4 Å². The third kappa shape index (κ3) is 3.69. The number of rotatable bonds is 7. The summed E-state index contributed by atoms with van der Waals surface area (Å²) in [5, 5.41) is 16.3. The molecule has 0 saturated carbocycles. The van der Waals surface area contributed by atoms with Gasteiger partial charge in [-0.2, -0.15) is 0 Å². The van der Waals surface area contributed by atoms with Crippen molar-refractivity contribution in [3.8, 4) is 0 Å². The molecule has 0 fully saturated rings. The van der Waals surface area contributed by atoms with E-state index >= 15 is 0 Å². The lowest BCUT2D eigenvalue weighted by Gasteiger charge is -2.09. The highest BCUT2D eigenvalue weighted by molar-refractivity contribution is 7.98. The van der Waals surface area contributed by atoms with Crippen molar-refractivity contribution >= 4 is 50.6 Å². The molecule has 0 aliphatic carbocycles. The number of aryl methyl sites for hydroxylation is 1. The summed E-state index contributed by atoms with van der Waals surface area (Å²) in [7, 11) is 0. The van der Waals surface area contributed by atoms with Crippen LogP contribution in [0.25, 0.3) is 16.7 Å². The van der Waals surface area contributed by atoms with Crippen LogP contribution in [0.2, 0.25) is 0 Å². The number of thioether (sulfide) groups is 1. The highest BCUT2D eigenvalue weighted by Crippen LogP contribution is 2.28. The summed E-state index contributed by atoms with van der Waals surface area (Å²) in [5.41, 5.74) is 3.88. The Morgan fingerprint density at radius 1 is 1.16 bits per heavy atom. The molecule has 32 heavy (non-hydrogen) atoms. The van der Waals surface area contributed by atoms with Gasteiger partial charge in [0.05, 0.1) is 16.6 Å². The molecule has 5 rings (SSSR count). The first-order chi connectivity index (χ1) is 15.7. The molecule has 2 aromatic carbocycles. The number of thiazole rings is 1. The minimum Gasteiger partial charge on any atom is -0.331 e. The average Bonchev–Trinajstić information content (AvgIpc) is 3.44. The van der Waals surface area contributed by atoms with Gasteiger partial charge >= 0.3 is 0 Å². The molecule has 3 aromatic heterocycles. The first kappa shape index (κ1) is 20.5. The molecule has 0 aliphatic rings. The van der Waals surface area contributed by atoms with Crippen LogP contribution >= 0.6 is 23.1 Å². The average molecular weight is 461 g/mol. The highest BCUT2D eigenvalue weighted by Gasteiger charge is 2.16. The number of nitrogens with zero attached hydrogens (tertiary/aromatic N) is 5. The molecule has 0 aliphatic heterocycles. The summed E-state index contributed by atoms with van der Waals surface area (Å²) in [6.45, 7) is 6.21. The Kier molecular flexibility index (Phi) is 5.50. The van der Waals surface area contributed by atoms with Crippen LogP contribution in [0.5, 0.6) is 0 Å². The van der Waals surface area contributed by atoms with E-state index in [1.807, 2.05) is 52.2 Å². The summed E-state index contributed by atoms with van der Waals surface area (Å²) in [5.74, 6) is 1.15. The second-order valence-corrected chi connectivity index (χ2v) is 9.01. The molecule has 5 aromatic rings. The van der Waals surface area contributed by atoms with Gasteiger partial charge in [-0.3, -0.25) is 13.8 Å². The Labute approximate surface area is 192 Å². The lowest BCUT2D eigenvalue weighted by atomic mass is 10.2. The second kappa shape index (κ2) is 8.60.